The van der Waals surface area contributed by atoms with E-state index in [1.165, 1.54) is 48.8 Å². The number of hydrogen-bond acceptors (Lipinski definition) is 9. The number of anilines is 1. The van der Waals surface area contributed by atoms with Crippen LogP contribution < -0.4 is 10.6 Å². The Labute approximate surface area is 318 Å². The number of fused-ring (bicyclic) bond motifs is 1. The van der Waals surface area contributed by atoms with Gasteiger partial charge >= 0.3 is 6.09 Å². The van der Waals surface area contributed by atoms with Crippen molar-refractivity contribution < 1.29 is 41.0 Å². The number of ether oxygens (including phenoxy) is 1. The van der Waals surface area contributed by atoms with Gasteiger partial charge in [-0.25, -0.2) is 31.4 Å². The maximum Gasteiger partial charge on any atom is 0.407 e. The second kappa shape index (κ2) is 16.9. The molecule has 1 saturated carbocycles. The van der Waals surface area contributed by atoms with Crippen LogP contribution in [-0.4, -0.2) is 78.8 Å². The van der Waals surface area contributed by atoms with Gasteiger partial charge in [0.15, 0.2) is 0 Å². The van der Waals surface area contributed by atoms with Crippen molar-refractivity contribution >= 4 is 61.0 Å². The summed E-state index contributed by atoms with van der Waals surface area (Å²) in [5.74, 6) is -5.91. The summed E-state index contributed by atoms with van der Waals surface area (Å²) >= 11 is 2.09. The van der Waals surface area contributed by atoms with Gasteiger partial charge in [-0.15, -0.1) is 23.1 Å². The fraction of sp³-hybridized carbons (Fsp3) is 0.289. The first-order valence-corrected chi connectivity index (χ1v) is 20.2. The Morgan fingerprint density at radius 3 is 2.30 bits per heavy atom. The van der Waals surface area contributed by atoms with Gasteiger partial charge in [-0.05, 0) is 47.4 Å². The average molecular weight is 799 g/mol. The van der Waals surface area contributed by atoms with Crippen molar-refractivity contribution in [1.29, 1.82) is 0 Å². The summed E-state index contributed by atoms with van der Waals surface area (Å²) in [6, 6.07) is 24.1. The van der Waals surface area contributed by atoms with E-state index in [1.54, 1.807) is 35.8 Å². The minimum atomic E-state index is -4.34. The first-order chi connectivity index (χ1) is 25.9. The molecule has 2 amide bonds. The number of aromatic nitrogens is 1. The zero-order valence-corrected chi connectivity index (χ0v) is 31.4. The highest BCUT2D eigenvalue weighted by Gasteiger charge is 2.47. The molecule has 54 heavy (non-hydrogen) atoms. The van der Waals surface area contributed by atoms with Gasteiger partial charge in [0.2, 0.25) is 21.9 Å². The van der Waals surface area contributed by atoms with Crippen molar-refractivity contribution in [2.24, 2.45) is 5.92 Å². The summed E-state index contributed by atoms with van der Waals surface area (Å²) in [7, 11) is -3.18. The Kier molecular flexibility index (Phi) is 12.3. The predicted molar refractivity (Wildman–Crippen MR) is 202 cm³/mol. The summed E-state index contributed by atoms with van der Waals surface area (Å²) in [4.78, 5) is 30.8. The van der Waals surface area contributed by atoms with Crippen molar-refractivity contribution in [3.05, 3.63) is 120 Å². The number of nitrogens with one attached hydrogen (secondary N) is 2. The van der Waals surface area contributed by atoms with Crippen molar-refractivity contribution in [3.63, 3.8) is 0 Å². The molecule has 5 aromatic rings. The molecule has 0 radical (unpaired) electrons. The Hall–Kier alpha value is -4.48. The van der Waals surface area contributed by atoms with E-state index in [1.807, 2.05) is 36.4 Å². The third kappa shape index (κ3) is 8.90. The molecule has 1 aliphatic carbocycles. The van der Waals surface area contributed by atoms with Gasteiger partial charge in [0.05, 0.1) is 51.0 Å². The van der Waals surface area contributed by atoms with Gasteiger partial charge in [0.1, 0.15) is 11.9 Å². The first-order valence-electron chi connectivity index (χ1n) is 16.9. The number of halogens is 3. The molecule has 3 N–H and O–H groups in total. The number of aliphatic hydroxyl groups excluding tert-OH is 1. The van der Waals surface area contributed by atoms with E-state index in [0.29, 0.717) is 21.3 Å². The topological polar surface area (TPSA) is 138 Å². The summed E-state index contributed by atoms with van der Waals surface area (Å²) in [6.07, 6.45) is -1.88. The van der Waals surface area contributed by atoms with Crippen LogP contribution in [0.1, 0.15) is 29.9 Å². The number of methoxy groups -OCH3 is 1. The van der Waals surface area contributed by atoms with E-state index in [4.69, 9.17) is 4.74 Å². The third-order valence-electron chi connectivity index (χ3n) is 9.18. The monoisotopic (exact) mass is 798 g/mol. The number of amides is 2. The molecular weight excluding hydrogens is 762 g/mol. The molecule has 0 aliphatic heterocycles. The minimum Gasteiger partial charge on any atom is -0.453 e. The second-order valence-corrected chi connectivity index (χ2v) is 16.7. The lowest BCUT2D eigenvalue weighted by molar-refractivity contribution is -0.118. The highest BCUT2D eigenvalue weighted by molar-refractivity contribution is 7.99. The zero-order chi connectivity index (χ0) is 38.5. The van der Waals surface area contributed by atoms with E-state index in [2.05, 4.69) is 15.6 Å². The van der Waals surface area contributed by atoms with Crippen LogP contribution in [0.25, 0.3) is 10.2 Å². The van der Waals surface area contributed by atoms with Crippen molar-refractivity contribution in [3.8, 4) is 0 Å². The fourth-order valence-corrected chi connectivity index (χ4v) is 10.2. The molecule has 0 saturated heterocycles. The second-order valence-electron chi connectivity index (χ2n) is 12.9. The predicted octanol–water partition coefficient (Wildman–Crippen LogP) is 7.12. The van der Waals surface area contributed by atoms with Crippen LogP contribution in [0.3, 0.4) is 0 Å². The number of thioether (sulfide) groups is 1. The molecule has 0 spiro atoms. The molecule has 284 valence electrons. The maximum atomic E-state index is 15.6. The standard InChI is InChI=1S/C38H37F3N4O6S3/c1-51-37(48)44-34(33(25-9-4-2-5-10-25)26-11-6-3-7-12-26)36(47)43-31-14-8-13-29(39)35(31)52-22-27(21-46)45(20-24-18-38(40,41)19-24)54(49,50)28-15-16-30-32(17-28)53-23-42-30/h2-17,23-24,27,33-34,46H,18-22H2,1H3,(H,43,47)(H,44,48)/t27-,34+/m1/s1. The number of hydrogen-bond donors (Lipinski definition) is 3. The number of aliphatic hydroxyl groups is 1. The van der Waals surface area contributed by atoms with Crippen LogP contribution in [0.5, 0.6) is 0 Å². The molecule has 0 bridgehead atoms. The maximum absolute atomic E-state index is 15.6. The number of thiazole rings is 1. The lowest BCUT2D eigenvalue weighted by Crippen LogP contribution is -2.50. The highest BCUT2D eigenvalue weighted by Crippen LogP contribution is 2.44. The normalized spacial score (nSPS) is 15.5. The van der Waals surface area contributed by atoms with Crippen LogP contribution in [-0.2, 0) is 19.6 Å². The molecule has 1 aromatic heterocycles. The summed E-state index contributed by atoms with van der Waals surface area (Å²) < 4.78 is 78.2. The van der Waals surface area contributed by atoms with E-state index in [0.717, 1.165) is 16.1 Å². The number of benzene rings is 4. The number of alkyl halides is 2. The van der Waals surface area contributed by atoms with Crippen LogP contribution in [0, 0.1) is 11.7 Å². The van der Waals surface area contributed by atoms with Crippen molar-refractivity contribution in [2.45, 2.75) is 46.6 Å². The number of alkyl carbamates (subject to hydrolysis) is 1. The molecule has 16 heteroatoms. The van der Waals surface area contributed by atoms with Gasteiger partial charge in [-0.2, -0.15) is 4.31 Å². The lowest BCUT2D eigenvalue weighted by Gasteiger charge is -2.40. The average Bonchev–Trinajstić information content (AvgIpc) is 3.63. The Bertz CT molecular complexity index is 2150. The van der Waals surface area contributed by atoms with Gasteiger partial charge in [0.25, 0.3) is 0 Å². The number of carbonyl (C=O) groups is 2. The number of nitrogens with zero attached hydrogens (tertiary/aromatic N) is 2. The Morgan fingerprint density at radius 1 is 1.02 bits per heavy atom. The van der Waals surface area contributed by atoms with Gasteiger partial charge in [-0.3, -0.25) is 4.79 Å². The van der Waals surface area contributed by atoms with Crippen molar-refractivity contribution in [1.82, 2.24) is 14.6 Å². The van der Waals surface area contributed by atoms with Crippen LogP contribution in [0.2, 0.25) is 0 Å². The molecule has 10 nitrogen and oxygen atoms in total. The molecule has 1 fully saturated rings. The lowest BCUT2D eigenvalue weighted by atomic mass is 9.81. The van der Waals surface area contributed by atoms with E-state index >= 15 is 4.39 Å². The minimum absolute atomic E-state index is 0.0296. The van der Waals surface area contributed by atoms with Gasteiger partial charge in [0, 0.05) is 31.1 Å². The van der Waals surface area contributed by atoms with Crippen molar-refractivity contribution in [2.75, 3.05) is 31.3 Å². The number of carbonyl (C=O) groups excluding carboxylic acids is 2. The molecule has 1 heterocycles. The highest BCUT2D eigenvalue weighted by atomic mass is 32.2. The molecule has 1 aliphatic rings. The largest absolute Gasteiger partial charge is 0.453 e. The van der Waals surface area contributed by atoms with Crippen LogP contribution >= 0.6 is 23.1 Å². The van der Waals surface area contributed by atoms with E-state index in [-0.39, 0.29) is 27.8 Å². The van der Waals surface area contributed by atoms with Crippen LogP contribution in [0.15, 0.2) is 112 Å². The number of rotatable bonds is 15. The first kappa shape index (κ1) is 39.2. The van der Waals surface area contributed by atoms with E-state index < -0.39 is 77.1 Å². The third-order valence-corrected chi connectivity index (χ3v) is 13.1. The smallest absolute Gasteiger partial charge is 0.407 e. The van der Waals surface area contributed by atoms with Gasteiger partial charge in [-0.1, -0.05) is 66.7 Å². The number of sulfonamides is 1. The quantitative estimate of drug-likeness (QED) is 0.0953. The summed E-state index contributed by atoms with van der Waals surface area (Å²) in [5, 5.41) is 16.0. The summed E-state index contributed by atoms with van der Waals surface area (Å²) in [6.45, 7) is -0.984. The Morgan fingerprint density at radius 2 is 1.69 bits per heavy atom. The molecule has 4 aromatic carbocycles. The molecule has 6 rings (SSSR count). The molecule has 0 unspecified atom stereocenters. The Balaban J connectivity index is 1.29. The molecular formula is C38H37F3N4O6S3. The van der Waals surface area contributed by atoms with E-state index in [9.17, 15) is 31.9 Å². The summed E-state index contributed by atoms with van der Waals surface area (Å²) in [5.41, 5.74) is 3.61. The van der Waals surface area contributed by atoms with Gasteiger partial charge < -0.3 is 20.5 Å². The zero-order valence-electron chi connectivity index (χ0n) is 28.9. The molecule has 2 atom stereocenters. The fourth-order valence-electron chi connectivity index (χ4n) is 6.50. The SMILES string of the molecule is COC(=O)N[C@H](C(=O)Nc1cccc(F)c1SC[C@@H](CO)N(CC1CC(F)(F)C1)S(=O)(=O)c1ccc2ncsc2c1)C(c1ccccc1)c1ccccc1. The van der Waals surface area contributed by atoms with Crippen LogP contribution in [0.4, 0.5) is 23.7 Å².